The van der Waals surface area contributed by atoms with Gasteiger partial charge in [-0.3, -0.25) is 0 Å². The molecule has 0 aliphatic heterocycles. The summed E-state index contributed by atoms with van der Waals surface area (Å²) in [6.07, 6.45) is 0.377. The summed E-state index contributed by atoms with van der Waals surface area (Å²) in [5.41, 5.74) is 6.91. The molecule has 0 fully saturated rings. The molecule has 3 N–H and O–H groups in total. The van der Waals surface area contributed by atoms with Crippen LogP contribution in [-0.2, 0) is 0 Å². The second-order valence-corrected chi connectivity index (χ2v) is 5.34. The molecule has 0 spiro atoms. The zero-order valence-corrected chi connectivity index (χ0v) is 13.0. The molecular formula is C12H18BrCl2NO. The third-order valence-corrected chi connectivity index (χ3v) is 4.14. The highest BCUT2D eigenvalue weighted by molar-refractivity contribution is 9.10. The van der Waals surface area contributed by atoms with E-state index in [-0.39, 0.29) is 24.4 Å². The molecule has 0 aromatic heterocycles. The maximum atomic E-state index is 10.0. The lowest BCUT2D eigenvalue weighted by atomic mass is 9.92. The molecule has 0 heterocycles. The molecule has 0 saturated heterocycles. The fourth-order valence-corrected chi connectivity index (χ4v) is 2.03. The van der Waals surface area contributed by atoms with Gasteiger partial charge in [0, 0.05) is 4.47 Å². The Kier molecular flexibility index (Phi) is 7.68. The summed E-state index contributed by atoms with van der Waals surface area (Å²) in [7, 11) is 0. The van der Waals surface area contributed by atoms with Gasteiger partial charge in [0.1, 0.15) is 0 Å². The molecule has 0 radical (unpaired) electrons. The van der Waals surface area contributed by atoms with Crippen LogP contribution in [0.2, 0.25) is 5.02 Å². The fraction of sp³-hybridized carbons (Fsp3) is 0.500. The van der Waals surface area contributed by atoms with Crippen LogP contribution in [0.5, 0.6) is 0 Å². The molecule has 0 aliphatic carbocycles. The molecule has 0 amide bonds. The van der Waals surface area contributed by atoms with Crippen molar-refractivity contribution >= 4 is 39.9 Å². The van der Waals surface area contributed by atoms with Gasteiger partial charge in [0.05, 0.1) is 17.2 Å². The first kappa shape index (κ1) is 17.2. The van der Waals surface area contributed by atoms with Crippen LogP contribution >= 0.6 is 39.9 Å². The van der Waals surface area contributed by atoms with Crippen molar-refractivity contribution in [3.63, 3.8) is 0 Å². The summed E-state index contributed by atoms with van der Waals surface area (Å²) in [6.45, 7) is 4.04. The van der Waals surface area contributed by atoms with Crippen LogP contribution in [0.3, 0.4) is 0 Å². The van der Waals surface area contributed by atoms with E-state index in [0.29, 0.717) is 5.02 Å². The van der Waals surface area contributed by atoms with E-state index in [4.69, 9.17) is 17.3 Å². The molecule has 1 aromatic carbocycles. The number of aliphatic hydroxyl groups is 1. The molecule has 0 aliphatic rings. The quantitative estimate of drug-likeness (QED) is 0.870. The first-order valence-electron chi connectivity index (χ1n) is 5.36. The second kappa shape index (κ2) is 7.59. The monoisotopic (exact) mass is 341 g/mol. The maximum absolute atomic E-state index is 10.0. The van der Waals surface area contributed by atoms with Gasteiger partial charge >= 0.3 is 0 Å². The van der Waals surface area contributed by atoms with Gasteiger partial charge in [-0.25, -0.2) is 0 Å². The molecule has 3 atom stereocenters. The van der Waals surface area contributed by atoms with E-state index in [9.17, 15) is 5.11 Å². The molecule has 1 aromatic rings. The van der Waals surface area contributed by atoms with Crippen LogP contribution < -0.4 is 5.73 Å². The molecule has 2 nitrogen and oxygen atoms in total. The largest absolute Gasteiger partial charge is 0.391 e. The van der Waals surface area contributed by atoms with E-state index in [1.807, 2.05) is 26.0 Å². The van der Waals surface area contributed by atoms with E-state index in [0.717, 1.165) is 16.5 Å². The second-order valence-electron chi connectivity index (χ2n) is 4.08. The predicted molar refractivity (Wildman–Crippen MR) is 78.8 cm³/mol. The summed E-state index contributed by atoms with van der Waals surface area (Å²) in [5.74, 6) is 0.185. The summed E-state index contributed by atoms with van der Waals surface area (Å²) in [5, 5.41) is 10.7. The number of rotatable bonds is 4. The molecular weight excluding hydrogens is 325 g/mol. The Morgan fingerprint density at radius 3 is 2.53 bits per heavy atom. The number of halogens is 3. The highest BCUT2D eigenvalue weighted by atomic mass is 79.9. The van der Waals surface area contributed by atoms with Crippen LogP contribution in [0, 0.1) is 5.92 Å². The van der Waals surface area contributed by atoms with Crippen LogP contribution in [0.4, 0.5) is 0 Å². The predicted octanol–water partition coefficient (Wildman–Crippen LogP) is 3.93. The van der Waals surface area contributed by atoms with Crippen molar-refractivity contribution < 1.29 is 5.11 Å². The van der Waals surface area contributed by atoms with Gasteiger partial charge in [0.15, 0.2) is 0 Å². The molecule has 98 valence electrons. The Bertz CT molecular complexity index is 362. The number of nitrogens with two attached hydrogens (primary N) is 1. The summed E-state index contributed by atoms with van der Waals surface area (Å²) in [4.78, 5) is 0. The Morgan fingerprint density at radius 1 is 1.47 bits per heavy atom. The minimum Gasteiger partial charge on any atom is -0.391 e. The van der Waals surface area contributed by atoms with Gasteiger partial charge in [-0.05, 0) is 39.5 Å². The number of benzene rings is 1. The highest BCUT2D eigenvalue weighted by Crippen LogP contribution is 2.28. The van der Waals surface area contributed by atoms with Gasteiger partial charge in [-0.2, -0.15) is 0 Å². The van der Waals surface area contributed by atoms with Gasteiger partial charge in [0.25, 0.3) is 0 Å². The zero-order valence-electron chi connectivity index (χ0n) is 9.86. The van der Waals surface area contributed by atoms with Crippen molar-refractivity contribution in [3.05, 3.63) is 33.3 Å². The standard InChI is InChI=1S/C12H17BrClNO.ClH/c1-3-7(2)12(16)11(15)8-4-5-10(14)9(13)6-8;/h4-7,11-12,16H,3,15H2,1-2H3;1H/t7?,11-,12+;/m1./s1. The van der Waals surface area contributed by atoms with Crippen LogP contribution in [0.25, 0.3) is 0 Å². The molecule has 0 saturated carbocycles. The smallest absolute Gasteiger partial charge is 0.0758 e. The molecule has 1 rings (SSSR count). The van der Waals surface area contributed by atoms with Crippen molar-refractivity contribution in [1.82, 2.24) is 0 Å². The third-order valence-electron chi connectivity index (χ3n) is 2.92. The van der Waals surface area contributed by atoms with E-state index in [1.54, 1.807) is 6.07 Å². The minimum atomic E-state index is -0.530. The topological polar surface area (TPSA) is 46.2 Å². The van der Waals surface area contributed by atoms with E-state index < -0.39 is 6.10 Å². The van der Waals surface area contributed by atoms with Crippen molar-refractivity contribution in [2.75, 3.05) is 0 Å². The Balaban J connectivity index is 0.00000256. The third kappa shape index (κ3) is 4.42. The Hall–Kier alpha value is 0.200. The van der Waals surface area contributed by atoms with Crippen molar-refractivity contribution in [1.29, 1.82) is 0 Å². The van der Waals surface area contributed by atoms with Crippen LogP contribution in [0.1, 0.15) is 31.9 Å². The van der Waals surface area contributed by atoms with Gasteiger partial charge in [0.2, 0.25) is 0 Å². The lowest BCUT2D eigenvalue weighted by Crippen LogP contribution is -2.31. The summed E-state index contributed by atoms with van der Waals surface area (Å²) < 4.78 is 0.804. The van der Waals surface area contributed by atoms with E-state index in [1.165, 1.54) is 0 Å². The zero-order chi connectivity index (χ0) is 12.3. The molecule has 17 heavy (non-hydrogen) atoms. The van der Waals surface area contributed by atoms with Gasteiger partial charge in [-0.1, -0.05) is 37.9 Å². The van der Waals surface area contributed by atoms with Crippen LogP contribution in [-0.4, -0.2) is 11.2 Å². The molecule has 5 heteroatoms. The first-order chi connectivity index (χ1) is 7.47. The minimum absolute atomic E-state index is 0. The SMILES string of the molecule is CCC(C)[C@H](O)[C@H](N)c1ccc(Cl)c(Br)c1.Cl. The Morgan fingerprint density at radius 2 is 2.06 bits per heavy atom. The van der Waals surface area contributed by atoms with Gasteiger partial charge in [-0.15, -0.1) is 12.4 Å². The molecule has 0 bridgehead atoms. The van der Waals surface area contributed by atoms with Crippen molar-refractivity contribution in [2.24, 2.45) is 11.7 Å². The Labute approximate surface area is 122 Å². The highest BCUT2D eigenvalue weighted by Gasteiger charge is 2.22. The molecule has 1 unspecified atom stereocenters. The number of aliphatic hydroxyl groups excluding tert-OH is 1. The van der Waals surface area contributed by atoms with Crippen molar-refractivity contribution in [3.8, 4) is 0 Å². The average molecular weight is 343 g/mol. The summed E-state index contributed by atoms with van der Waals surface area (Å²) >= 11 is 9.25. The lowest BCUT2D eigenvalue weighted by molar-refractivity contribution is 0.0880. The first-order valence-corrected chi connectivity index (χ1v) is 6.53. The van der Waals surface area contributed by atoms with E-state index in [2.05, 4.69) is 15.9 Å². The lowest BCUT2D eigenvalue weighted by Gasteiger charge is -2.24. The fourth-order valence-electron chi connectivity index (χ4n) is 1.51. The van der Waals surface area contributed by atoms with E-state index >= 15 is 0 Å². The van der Waals surface area contributed by atoms with Gasteiger partial charge < -0.3 is 10.8 Å². The van der Waals surface area contributed by atoms with Crippen LogP contribution in [0.15, 0.2) is 22.7 Å². The summed E-state index contributed by atoms with van der Waals surface area (Å²) in [6, 6.07) is 5.12. The average Bonchev–Trinajstić information content (AvgIpc) is 2.29. The van der Waals surface area contributed by atoms with Crippen molar-refractivity contribution in [2.45, 2.75) is 32.4 Å². The number of hydrogen-bond acceptors (Lipinski definition) is 2. The normalized spacial score (nSPS) is 15.9. The number of hydrogen-bond donors (Lipinski definition) is 2. The maximum Gasteiger partial charge on any atom is 0.0758 e.